The maximum absolute atomic E-state index is 12.3. The third-order valence-electron chi connectivity index (χ3n) is 3.48. The molecule has 0 radical (unpaired) electrons. The van der Waals surface area contributed by atoms with Crippen LogP contribution in [0.25, 0.3) is 0 Å². The summed E-state index contributed by atoms with van der Waals surface area (Å²) in [6.45, 7) is 6.22. The van der Waals surface area contributed by atoms with E-state index in [2.05, 4.69) is 5.32 Å². The molecule has 4 nitrogen and oxygen atoms in total. The summed E-state index contributed by atoms with van der Waals surface area (Å²) < 4.78 is 0. The van der Waals surface area contributed by atoms with Gasteiger partial charge in [0.15, 0.2) is 0 Å². The number of aryl methyl sites for hydroxylation is 1. The molecule has 0 fully saturated rings. The van der Waals surface area contributed by atoms with Gasteiger partial charge in [-0.25, -0.2) is 0 Å². The number of carbonyl (C=O) groups is 2. The van der Waals surface area contributed by atoms with Crippen molar-refractivity contribution in [1.82, 2.24) is 10.2 Å². The predicted molar refractivity (Wildman–Crippen MR) is 80.2 cm³/mol. The van der Waals surface area contributed by atoms with E-state index in [0.717, 1.165) is 17.5 Å². The van der Waals surface area contributed by atoms with Gasteiger partial charge in [-0.1, -0.05) is 31.2 Å². The van der Waals surface area contributed by atoms with Gasteiger partial charge in [0.2, 0.25) is 11.8 Å². The zero-order chi connectivity index (χ0) is 15.1. The van der Waals surface area contributed by atoms with Crippen molar-refractivity contribution in [2.45, 2.75) is 46.2 Å². The van der Waals surface area contributed by atoms with E-state index >= 15 is 0 Å². The molecule has 0 aliphatic rings. The molecular formula is C16H24N2O2. The molecule has 4 heteroatoms. The lowest BCUT2D eigenvalue weighted by Gasteiger charge is -2.28. The third kappa shape index (κ3) is 4.08. The fraction of sp³-hybridized carbons (Fsp3) is 0.500. The first kappa shape index (κ1) is 16.2. The van der Waals surface area contributed by atoms with Gasteiger partial charge in [0, 0.05) is 20.0 Å². The molecule has 20 heavy (non-hydrogen) atoms. The highest BCUT2D eigenvalue weighted by atomic mass is 16.2. The van der Waals surface area contributed by atoms with E-state index in [1.165, 1.54) is 0 Å². The molecule has 1 aromatic carbocycles. The van der Waals surface area contributed by atoms with Crippen LogP contribution in [0.5, 0.6) is 0 Å². The average Bonchev–Trinajstić information content (AvgIpc) is 2.45. The fourth-order valence-corrected chi connectivity index (χ4v) is 2.12. The molecule has 0 unspecified atom stereocenters. The molecule has 0 aliphatic carbocycles. The van der Waals surface area contributed by atoms with Crippen LogP contribution < -0.4 is 5.32 Å². The molecule has 1 aromatic rings. The van der Waals surface area contributed by atoms with Crippen LogP contribution in [0.4, 0.5) is 0 Å². The predicted octanol–water partition coefficient (Wildman–Crippen LogP) is 2.26. The number of likely N-dealkylation sites (N-methyl/N-ethyl adjacent to an activating group) is 1. The molecule has 0 aromatic heterocycles. The van der Waals surface area contributed by atoms with Crippen molar-refractivity contribution in [1.29, 1.82) is 0 Å². The van der Waals surface area contributed by atoms with Crippen LogP contribution in [0.3, 0.4) is 0 Å². The lowest BCUT2D eigenvalue weighted by Crippen LogP contribution is -2.46. The summed E-state index contributed by atoms with van der Waals surface area (Å²) in [7, 11) is 1.59. The van der Waals surface area contributed by atoms with E-state index in [4.69, 9.17) is 0 Å². The number of carbonyl (C=O) groups excluding carboxylic acids is 2. The first-order chi connectivity index (χ1) is 9.51. The second kappa shape index (κ2) is 7.68. The lowest BCUT2D eigenvalue weighted by atomic mass is 10.1. The van der Waals surface area contributed by atoms with E-state index in [0.29, 0.717) is 13.0 Å². The molecule has 0 aliphatic heterocycles. The van der Waals surface area contributed by atoms with Crippen LogP contribution in [-0.2, 0) is 16.1 Å². The standard InChI is InChI=1S/C16H24N2O2/c1-5-8-15(19)18(13(3)16(20)17-4)11-14-10-7-6-9-12(14)2/h6-7,9-10,13H,5,8,11H2,1-4H3,(H,17,20)/t13-/m1/s1. The number of hydrogen-bond acceptors (Lipinski definition) is 2. The third-order valence-corrected chi connectivity index (χ3v) is 3.48. The molecule has 0 heterocycles. The quantitative estimate of drug-likeness (QED) is 0.866. The topological polar surface area (TPSA) is 49.4 Å². The molecule has 110 valence electrons. The van der Waals surface area contributed by atoms with E-state index < -0.39 is 6.04 Å². The molecule has 0 bridgehead atoms. The second-order valence-electron chi connectivity index (χ2n) is 4.99. The number of hydrogen-bond donors (Lipinski definition) is 1. The SMILES string of the molecule is CCCC(=O)N(Cc1ccccc1C)[C@H](C)C(=O)NC. The monoisotopic (exact) mass is 276 g/mol. The van der Waals surface area contributed by atoms with E-state index in [1.54, 1.807) is 18.9 Å². The Morgan fingerprint density at radius 3 is 2.50 bits per heavy atom. The van der Waals surface area contributed by atoms with Crippen molar-refractivity contribution >= 4 is 11.8 Å². The van der Waals surface area contributed by atoms with Crippen molar-refractivity contribution in [3.63, 3.8) is 0 Å². The number of amides is 2. The summed E-state index contributed by atoms with van der Waals surface area (Å²) in [6.07, 6.45) is 1.25. The minimum Gasteiger partial charge on any atom is -0.357 e. The van der Waals surface area contributed by atoms with Gasteiger partial charge in [-0.05, 0) is 31.4 Å². The highest BCUT2D eigenvalue weighted by Gasteiger charge is 2.24. The van der Waals surface area contributed by atoms with Crippen LogP contribution in [0, 0.1) is 6.92 Å². The molecule has 1 N–H and O–H groups in total. The first-order valence-corrected chi connectivity index (χ1v) is 7.06. The normalized spacial score (nSPS) is 11.8. The summed E-state index contributed by atoms with van der Waals surface area (Å²) in [5, 5.41) is 2.61. The van der Waals surface area contributed by atoms with Crippen molar-refractivity contribution in [2.24, 2.45) is 0 Å². The molecular weight excluding hydrogens is 252 g/mol. The maximum atomic E-state index is 12.3. The van der Waals surface area contributed by atoms with Crippen LogP contribution in [0.2, 0.25) is 0 Å². The largest absolute Gasteiger partial charge is 0.357 e. The van der Waals surface area contributed by atoms with Gasteiger partial charge >= 0.3 is 0 Å². The molecule has 0 saturated carbocycles. The van der Waals surface area contributed by atoms with Crippen molar-refractivity contribution < 1.29 is 9.59 Å². The average molecular weight is 276 g/mol. The smallest absolute Gasteiger partial charge is 0.242 e. The van der Waals surface area contributed by atoms with Gasteiger partial charge in [0.05, 0.1) is 0 Å². The summed E-state index contributed by atoms with van der Waals surface area (Å²) >= 11 is 0. The molecule has 1 rings (SSSR count). The molecule has 1 atom stereocenters. The number of nitrogens with one attached hydrogen (secondary N) is 1. The Hall–Kier alpha value is -1.84. The van der Waals surface area contributed by atoms with E-state index in [1.807, 2.05) is 38.1 Å². The van der Waals surface area contributed by atoms with Crippen LogP contribution in [0.1, 0.15) is 37.8 Å². The Bertz CT molecular complexity index is 471. The van der Waals surface area contributed by atoms with Crippen LogP contribution in [-0.4, -0.2) is 29.8 Å². The van der Waals surface area contributed by atoms with Gasteiger partial charge in [-0.3, -0.25) is 9.59 Å². The highest BCUT2D eigenvalue weighted by Crippen LogP contribution is 2.14. The minimum absolute atomic E-state index is 0.0202. The highest BCUT2D eigenvalue weighted by molar-refractivity contribution is 5.87. The van der Waals surface area contributed by atoms with Crippen molar-refractivity contribution in [3.8, 4) is 0 Å². The Labute approximate surface area is 121 Å². The first-order valence-electron chi connectivity index (χ1n) is 7.06. The summed E-state index contributed by atoms with van der Waals surface area (Å²) in [5.41, 5.74) is 2.21. The van der Waals surface area contributed by atoms with Crippen molar-refractivity contribution in [2.75, 3.05) is 7.05 Å². The van der Waals surface area contributed by atoms with Crippen LogP contribution in [0.15, 0.2) is 24.3 Å². The second-order valence-corrected chi connectivity index (χ2v) is 4.99. The summed E-state index contributed by atoms with van der Waals surface area (Å²) in [5.74, 6) is -0.116. The van der Waals surface area contributed by atoms with Crippen LogP contribution >= 0.6 is 0 Å². The maximum Gasteiger partial charge on any atom is 0.242 e. The zero-order valence-electron chi connectivity index (χ0n) is 12.8. The van der Waals surface area contributed by atoms with Gasteiger partial charge in [-0.15, -0.1) is 0 Å². The molecule has 0 spiro atoms. The van der Waals surface area contributed by atoms with Gasteiger partial charge in [-0.2, -0.15) is 0 Å². The van der Waals surface area contributed by atoms with E-state index in [-0.39, 0.29) is 11.8 Å². The Balaban J connectivity index is 2.96. The number of nitrogens with zero attached hydrogens (tertiary/aromatic N) is 1. The Kier molecular flexibility index (Phi) is 6.22. The van der Waals surface area contributed by atoms with Gasteiger partial charge in [0.1, 0.15) is 6.04 Å². The Morgan fingerprint density at radius 1 is 1.30 bits per heavy atom. The fourth-order valence-electron chi connectivity index (χ4n) is 2.12. The summed E-state index contributed by atoms with van der Waals surface area (Å²) in [6, 6.07) is 7.48. The van der Waals surface area contributed by atoms with Gasteiger partial charge < -0.3 is 10.2 Å². The zero-order valence-corrected chi connectivity index (χ0v) is 12.8. The van der Waals surface area contributed by atoms with Crippen molar-refractivity contribution in [3.05, 3.63) is 35.4 Å². The summed E-state index contributed by atoms with van der Waals surface area (Å²) in [4.78, 5) is 25.8. The Morgan fingerprint density at radius 2 is 1.95 bits per heavy atom. The minimum atomic E-state index is -0.460. The van der Waals surface area contributed by atoms with E-state index in [9.17, 15) is 9.59 Å². The molecule has 0 saturated heterocycles. The molecule has 2 amide bonds. The lowest BCUT2D eigenvalue weighted by molar-refractivity contribution is -0.140. The van der Waals surface area contributed by atoms with Gasteiger partial charge in [0.25, 0.3) is 0 Å². The number of benzene rings is 1. The number of rotatable bonds is 6.